The van der Waals surface area contributed by atoms with Crippen molar-refractivity contribution in [3.8, 4) is 0 Å². The third-order valence-corrected chi connectivity index (χ3v) is 3.55. The fourth-order valence-corrected chi connectivity index (χ4v) is 2.72. The van der Waals surface area contributed by atoms with Gasteiger partial charge in [0.25, 0.3) is 0 Å². The van der Waals surface area contributed by atoms with Gasteiger partial charge in [-0.25, -0.2) is 0 Å². The van der Waals surface area contributed by atoms with Gasteiger partial charge in [0.05, 0.1) is 6.04 Å². The molecular formula is C12H13N3S. The Bertz CT molecular complexity index is 555. The molecule has 1 heterocycles. The van der Waals surface area contributed by atoms with Gasteiger partial charge >= 0.3 is 0 Å². The second kappa shape index (κ2) is 3.87. The zero-order valence-corrected chi connectivity index (χ0v) is 9.70. The monoisotopic (exact) mass is 231 g/mol. The van der Waals surface area contributed by atoms with Crippen LogP contribution in [0.4, 0.5) is 0 Å². The maximum absolute atomic E-state index is 5.24. The fraction of sp³-hybridized carbons (Fsp3) is 0.333. The lowest BCUT2D eigenvalue weighted by Gasteiger charge is -2.25. The van der Waals surface area contributed by atoms with Gasteiger partial charge in [-0.15, -0.1) is 0 Å². The van der Waals surface area contributed by atoms with Crippen molar-refractivity contribution in [1.82, 2.24) is 14.8 Å². The first-order valence-corrected chi connectivity index (χ1v) is 5.96. The van der Waals surface area contributed by atoms with E-state index >= 15 is 0 Å². The summed E-state index contributed by atoms with van der Waals surface area (Å²) < 4.78 is 2.77. The third kappa shape index (κ3) is 1.50. The predicted molar refractivity (Wildman–Crippen MR) is 64.9 cm³/mol. The van der Waals surface area contributed by atoms with Crippen molar-refractivity contribution in [3.05, 3.63) is 46.5 Å². The highest BCUT2D eigenvalue weighted by Crippen LogP contribution is 2.32. The number of aromatic nitrogens is 3. The normalized spacial score (nSPS) is 19.4. The molecule has 3 rings (SSSR count). The van der Waals surface area contributed by atoms with Gasteiger partial charge in [-0.05, 0) is 42.6 Å². The summed E-state index contributed by atoms with van der Waals surface area (Å²) >= 11 is 5.24. The van der Waals surface area contributed by atoms with Crippen LogP contribution < -0.4 is 0 Å². The number of nitrogens with one attached hydrogen (secondary N) is 1. The molecule has 1 aliphatic rings. The van der Waals surface area contributed by atoms with E-state index in [1.54, 1.807) is 6.33 Å². The van der Waals surface area contributed by atoms with Crippen LogP contribution in [0.3, 0.4) is 0 Å². The second-order valence-electron chi connectivity index (χ2n) is 4.18. The number of aromatic amines is 1. The number of rotatable bonds is 1. The summed E-state index contributed by atoms with van der Waals surface area (Å²) in [5.74, 6) is 0. The van der Waals surface area contributed by atoms with Crippen LogP contribution in [0.25, 0.3) is 0 Å². The smallest absolute Gasteiger partial charge is 0.195 e. The Labute approximate surface area is 99.1 Å². The first kappa shape index (κ1) is 9.78. The number of hydrogen-bond donors (Lipinski definition) is 1. The zero-order chi connectivity index (χ0) is 11.0. The highest BCUT2D eigenvalue weighted by atomic mass is 32.1. The number of benzene rings is 1. The first-order valence-electron chi connectivity index (χ1n) is 5.55. The van der Waals surface area contributed by atoms with Crippen LogP contribution in [-0.4, -0.2) is 14.8 Å². The van der Waals surface area contributed by atoms with Gasteiger partial charge in [0.2, 0.25) is 0 Å². The molecule has 0 bridgehead atoms. The van der Waals surface area contributed by atoms with Crippen LogP contribution in [0, 0.1) is 4.77 Å². The molecular weight excluding hydrogens is 218 g/mol. The molecule has 1 atom stereocenters. The topological polar surface area (TPSA) is 33.6 Å². The summed E-state index contributed by atoms with van der Waals surface area (Å²) in [7, 11) is 0. The minimum absolute atomic E-state index is 0.358. The van der Waals surface area contributed by atoms with Crippen LogP contribution >= 0.6 is 12.2 Å². The van der Waals surface area contributed by atoms with Crippen molar-refractivity contribution in [2.75, 3.05) is 0 Å². The van der Waals surface area contributed by atoms with Crippen LogP contribution in [-0.2, 0) is 6.42 Å². The average molecular weight is 231 g/mol. The molecule has 16 heavy (non-hydrogen) atoms. The molecule has 1 aliphatic carbocycles. The second-order valence-corrected chi connectivity index (χ2v) is 4.56. The predicted octanol–water partition coefficient (Wildman–Crippen LogP) is 2.87. The Balaban J connectivity index is 2.12. The number of nitrogens with zero attached hydrogens (tertiary/aromatic N) is 2. The van der Waals surface area contributed by atoms with Gasteiger partial charge in [0.15, 0.2) is 4.77 Å². The summed E-state index contributed by atoms with van der Waals surface area (Å²) in [6.45, 7) is 0. The summed E-state index contributed by atoms with van der Waals surface area (Å²) in [6, 6.07) is 8.98. The van der Waals surface area contributed by atoms with Crippen molar-refractivity contribution in [1.29, 1.82) is 0 Å². The molecule has 3 nitrogen and oxygen atoms in total. The molecule has 0 amide bonds. The lowest BCUT2D eigenvalue weighted by atomic mass is 9.88. The first-order chi connectivity index (χ1) is 7.86. The van der Waals surface area contributed by atoms with Gasteiger partial charge in [-0.2, -0.15) is 5.10 Å². The van der Waals surface area contributed by atoms with Crippen molar-refractivity contribution in [2.24, 2.45) is 0 Å². The number of fused-ring (bicyclic) bond motifs is 1. The molecule has 0 fully saturated rings. The van der Waals surface area contributed by atoms with Crippen molar-refractivity contribution >= 4 is 12.2 Å². The van der Waals surface area contributed by atoms with Gasteiger partial charge in [0, 0.05) is 0 Å². The van der Waals surface area contributed by atoms with Crippen molar-refractivity contribution < 1.29 is 0 Å². The van der Waals surface area contributed by atoms with E-state index in [0.717, 1.165) is 6.42 Å². The summed E-state index contributed by atoms with van der Waals surface area (Å²) in [6.07, 6.45) is 5.34. The van der Waals surface area contributed by atoms with Crippen LogP contribution in [0.1, 0.15) is 30.0 Å². The molecule has 2 aromatic rings. The van der Waals surface area contributed by atoms with Gasteiger partial charge < -0.3 is 0 Å². The quantitative estimate of drug-likeness (QED) is 0.766. The Kier molecular flexibility index (Phi) is 2.36. The molecule has 0 aliphatic heterocycles. The van der Waals surface area contributed by atoms with E-state index in [9.17, 15) is 0 Å². The Morgan fingerprint density at radius 1 is 1.38 bits per heavy atom. The number of hydrogen-bond acceptors (Lipinski definition) is 2. The van der Waals surface area contributed by atoms with Crippen LogP contribution in [0.15, 0.2) is 30.6 Å². The summed E-state index contributed by atoms with van der Waals surface area (Å²) in [5, 5.41) is 6.83. The van der Waals surface area contributed by atoms with Crippen molar-refractivity contribution in [3.63, 3.8) is 0 Å². The van der Waals surface area contributed by atoms with E-state index in [2.05, 4.69) is 39.0 Å². The Hall–Kier alpha value is -1.42. The lowest BCUT2D eigenvalue weighted by Crippen LogP contribution is -2.16. The van der Waals surface area contributed by atoms with Crippen molar-refractivity contribution in [2.45, 2.75) is 25.3 Å². The molecule has 0 saturated heterocycles. The molecule has 1 unspecified atom stereocenters. The molecule has 1 aromatic carbocycles. The van der Waals surface area contributed by atoms with E-state index < -0.39 is 0 Å². The van der Waals surface area contributed by atoms with E-state index in [1.807, 2.05) is 0 Å². The van der Waals surface area contributed by atoms with E-state index in [1.165, 1.54) is 24.0 Å². The molecule has 0 spiro atoms. The largest absolute Gasteiger partial charge is 0.299 e. The highest BCUT2D eigenvalue weighted by molar-refractivity contribution is 7.71. The SMILES string of the molecule is S=c1[nH]ncn1C1CCCc2ccccc21. The number of H-pyrrole nitrogens is 1. The number of aryl methyl sites for hydroxylation is 1. The van der Waals surface area contributed by atoms with E-state index in [4.69, 9.17) is 12.2 Å². The van der Waals surface area contributed by atoms with Crippen LogP contribution in [0.2, 0.25) is 0 Å². The fourth-order valence-electron chi connectivity index (χ4n) is 2.50. The van der Waals surface area contributed by atoms with Gasteiger partial charge in [0.1, 0.15) is 6.33 Å². The molecule has 1 aromatic heterocycles. The average Bonchev–Trinajstić information content (AvgIpc) is 2.75. The van der Waals surface area contributed by atoms with E-state index in [0.29, 0.717) is 10.8 Å². The zero-order valence-electron chi connectivity index (χ0n) is 8.89. The Morgan fingerprint density at radius 2 is 2.25 bits per heavy atom. The van der Waals surface area contributed by atoms with Gasteiger partial charge in [-0.3, -0.25) is 9.67 Å². The van der Waals surface area contributed by atoms with E-state index in [-0.39, 0.29) is 0 Å². The molecule has 4 heteroatoms. The molecule has 0 radical (unpaired) electrons. The molecule has 0 saturated carbocycles. The standard InChI is InChI=1S/C12H13N3S/c16-12-14-13-8-15(12)11-7-3-5-9-4-1-2-6-10(9)11/h1-2,4,6,8,11H,3,5,7H2,(H,14,16). The van der Waals surface area contributed by atoms with Gasteiger partial charge in [-0.1, -0.05) is 24.3 Å². The summed E-state index contributed by atoms with van der Waals surface area (Å²) in [5.41, 5.74) is 2.84. The Morgan fingerprint density at radius 3 is 3.06 bits per heavy atom. The lowest BCUT2D eigenvalue weighted by molar-refractivity contribution is 0.484. The minimum Gasteiger partial charge on any atom is -0.299 e. The van der Waals surface area contributed by atoms with Crippen LogP contribution in [0.5, 0.6) is 0 Å². The minimum atomic E-state index is 0.358. The third-order valence-electron chi connectivity index (χ3n) is 3.25. The summed E-state index contributed by atoms with van der Waals surface area (Å²) in [4.78, 5) is 0. The molecule has 1 N–H and O–H groups in total. The maximum Gasteiger partial charge on any atom is 0.195 e. The highest BCUT2D eigenvalue weighted by Gasteiger charge is 2.21. The maximum atomic E-state index is 5.24. The molecule has 82 valence electrons.